The van der Waals surface area contributed by atoms with Gasteiger partial charge in [-0.1, -0.05) is 59.2 Å². The van der Waals surface area contributed by atoms with Crippen LogP contribution in [0.25, 0.3) is 0 Å². The smallest absolute Gasteiger partial charge is 0.318 e. The third-order valence-corrected chi connectivity index (χ3v) is 4.50. The maximum Gasteiger partial charge on any atom is 0.318 e. The lowest BCUT2D eigenvalue weighted by atomic mass is 10.0. The molecule has 142 valence electrons. The van der Waals surface area contributed by atoms with E-state index in [1.165, 1.54) is 0 Å². The van der Waals surface area contributed by atoms with Gasteiger partial charge in [0.05, 0.1) is 12.3 Å². The molecule has 0 unspecified atom stereocenters. The van der Waals surface area contributed by atoms with E-state index < -0.39 is 0 Å². The zero-order chi connectivity index (χ0) is 19.2. The number of halogens is 1. The summed E-state index contributed by atoms with van der Waals surface area (Å²) in [6, 6.07) is 17.5. The Morgan fingerprint density at radius 3 is 2.59 bits per heavy atom. The number of urea groups is 1. The lowest BCUT2D eigenvalue weighted by molar-refractivity contribution is 0.0586. The van der Waals surface area contributed by atoms with Gasteiger partial charge in [-0.05, 0) is 37.1 Å². The molecule has 1 aliphatic rings. The van der Waals surface area contributed by atoms with E-state index in [-0.39, 0.29) is 18.2 Å². The molecule has 1 heterocycles. The first-order valence-corrected chi connectivity index (χ1v) is 9.47. The molecule has 27 heavy (non-hydrogen) atoms. The minimum absolute atomic E-state index is 0.0705. The van der Waals surface area contributed by atoms with Crippen molar-refractivity contribution < 1.29 is 9.63 Å². The maximum atomic E-state index is 12.6. The van der Waals surface area contributed by atoms with Gasteiger partial charge in [-0.2, -0.15) is 0 Å². The number of hydrogen-bond donors (Lipinski definition) is 1. The van der Waals surface area contributed by atoms with Gasteiger partial charge in [-0.15, -0.1) is 0 Å². The molecule has 5 nitrogen and oxygen atoms in total. The minimum Gasteiger partial charge on any atom is -0.390 e. The summed E-state index contributed by atoms with van der Waals surface area (Å²) in [5, 5.41) is 7.87. The van der Waals surface area contributed by atoms with Crippen LogP contribution >= 0.6 is 11.6 Å². The van der Waals surface area contributed by atoms with Crippen molar-refractivity contribution in [2.24, 2.45) is 5.16 Å². The van der Waals surface area contributed by atoms with E-state index in [2.05, 4.69) is 10.5 Å². The van der Waals surface area contributed by atoms with Crippen LogP contribution in [0.3, 0.4) is 0 Å². The minimum atomic E-state index is -0.169. The molecule has 0 aromatic heterocycles. The second-order valence-electron chi connectivity index (χ2n) is 6.95. The summed E-state index contributed by atoms with van der Waals surface area (Å²) in [6.07, 6.45) is 0.485. The first-order chi connectivity index (χ1) is 13.0. The number of nitrogens with one attached hydrogen (secondary N) is 1. The molecule has 6 heteroatoms. The standard InChI is InChI=1S/C21H24ClN3O2/c1-15(2)23-21(26)25(13-16-6-4-3-5-7-16)14-19-12-20(24-27-19)17-8-10-18(22)11-9-17/h3-11,15,19H,12-14H2,1-2H3,(H,23,26)/t19-/m1/s1. The SMILES string of the molecule is CC(C)NC(=O)N(Cc1ccccc1)C[C@H]1CC(c2ccc(Cl)cc2)=NO1. The number of carbonyl (C=O) groups excluding carboxylic acids is 1. The van der Waals surface area contributed by atoms with Crippen LogP contribution in [0.1, 0.15) is 31.4 Å². The molecule has 2 aromatic carbocycles. The van der Waals surface area contributed by atoms with Gasteiger partial charge in [-0.25, -0.2) is 4.79 Å². The molecule has 2 amide bonds. The highest BCUT2D eigenvalue weighted by atomic mass is 35.5. The Morgan fingerprint density at radius 1 is 1.22 bits per heavy atom. The van der Waals surface area contributed by atoms with Crippen molar-refractivity contribution in [3.05, 3.63) is 70.7 Å². The number of benzene rings is 2. The van der Waals surface area contributed by atoms with Gasteiger partial charge in [0.1, 0.15) is 0 Å². The van der Waals surface area contributed by atoms with Crippen molar-refractivity contribution in [1.82, 2.24) is 10.2 Å². The van der Waals surface area contributed by atoms with E-state index in [1.807, 2.05) is 68.4 Å². The Kier molecular flexibility index (Phi) is 6.35. The summed E-state index contributed by atoms with van der Waals surface area (Å²) in [5.74, 6) is 0. The summed E-state index contributed by atoms with van der Waals surface area (Å²) in [6.45, 7) is 4.89. The van der Waals surface area contributed by atoms with Crippen molar-refractivity contribution in [3.8, 4) is 0 Å². The molecule has 0 radical (unpaired) electrons. The van der Waals surface area contributed by atoms with Gasteiger partial charge in [0, 0.05) is 24.0 Å². The normalized spacial score (nSPS) is 16.0. The molecule has 0 aliphatic carbocycles. The Morgan fingerprint density at radius 2 is 1.93 bits per heavy atom. The Bertz CT molecular complexity index is 791. The Hall–Kier alpha value is -2.53. The molecule has 0 fully saturated rings. The highest BCUT2D eigenvalue weighted by molar-refractivity contribution is 6.30. The van der Waals surface area contributed by atoms with Crippen molar-refractivity contribution in [3.63, 3.8) is 0 Å². The summed E-state index contributed by atoms with van der Waals surface area (Å²) in [5.41, 5.74) is 2.94. The van der Waals surface area contributed by atoms with E-state index in [9.17, 15) is 4.79 Å². The monoisotopic (exact) mass is 385 g/mol. The van der Waals surface area contributed by atoms with Crippen LogP contribution in [0, 0.1) is 0 Å². The number of rotatable bonds is 6. The van der Waals surface area contributed by atoms with Crippen LogP contribution in [0.15, 0.2) is 59.8 Å². The first-order valence-electron chi connectivity index (χ1n) is 9.09. The number of oxime groups is 1. The lowest BCUT2D eigenvalue weighted by Gasteiger charge is -2.26. The second kappa shape index (κ2) is 8.91. The average Bonchev–Trinajstić information content (AvgIpc) is 3.10. The maximum absolute atomic E-state index is 12.6. The highest BCUT2D eigenvalue weighted by Gasteiger charge is 2.27. The topological polar surface area (TPSA) is 53.9 Å². The van der Waals surface area contributed by atoms with Crippen molar-refractivity contribution in [2.45, 2.75) is 39.0 Å². The molecule has 1 atom stereocenters. The zero-order valence-electron chi connectivity index (χ0n) is 15.6. The predicted octanol–water partition coefficient (Wildman–Crippen LogP) is 4.45. The van der Waals surface area contributed by atoms with Crippen LogP contribution in [0.5, 0.6) is 0 Å². The third kappa shape index (κ3) is 5.47. The fourth-order valence-corrected chi connectivity index (χ4v) is 3.07. The van der Waals surface area contributed by atoms with Gasteiger partial charge in [-0.3, -0.25) is 0 Å². The lowest BCUT2D eigenvalue weighted by Crippen LogP contribution is -2.45. The summed E-state index contributed by atoms with van der Waals surface area (Å²) >= 11 is 5.95. The molecule has 1 aliphatic heterocycles. The quantitative estimate of drug-likeness (QED) is 0.798. The van der Waals surface area contributed by atoms with Crippen molar-refractivity contribution in [1.29, 1.82) is 0 Å². The van der Waals surface area contributed by atoms with Crippen LogP contribution < -0.4 is 5.32 Å². The van der Waals surface area contributed by atoms with Gasteiger partial charge in [0.15, 0.2) is 6.10 Å². The van der Waals surface area contributed by atoms with Crippen LogP contribution in [-0.4, -0.2) is 35.3 Å². The molecule has 0 saturated carbocycles. The Balaban J connectivity index is 1.65. The van der Waals surface area contributed by atoms with Crippen LogP contribution in [0.2, 0.25) is 5.02 Å². The second-order valence-corrected chi connectivity index (χ2v) is 7.38. The number of amides is 2. The van der Waals surface area contributed by atoms with E-state index in [1.54, 1.807) is 4.90 Å². The Labute approximate surface area is 165 Å². The fourth-order valence-electron chi connectivity index (χ4n) is 2.95. The zero-order valence-corrected chi connectivity index (χ0v) is 16.3. The van der Waals surface area contributed by atoms with Gasteiger partial charge >= 0.3 is 6.03 Å². The third-order valence-electron chi connectivity index (χ3n) is 4.25. The van der Waals surface area contributed by atoms with Gasteiger partial charge in [0.25, 0.3) is 0 Å². The number of hydrogen-bond acceptors (Lipinski definition) is 3. The predicted molar refractivity (Wildman–Crippen MR) is 108 cm³/mol. The van der Waals surface area contributed by atoms with Crippen LogP contribution in [0.4, 0.5) is 4.79 Å². The van der Waals surface area contributed by atoms with E-state index in [0.717, 1.165) is 16.8 Å². The molecule has 0 saturated heterocycles. The molecule has 1 N–H and O–H groups in total. The van der Waals surface area contributed by atoms with E-state index in [4.69, 9.17) is 16.4 Å². The van der Waals surface area contributed by atoms with E-state index in [0.29, 0.717) is 24.5 Å². The molecule has 2 aromatic rings. The summed E-state index contributed by atoms with van der Waals surface area (Å²) in [4.78, 5) is 20.0. The average molecular weight is 386 g/mol. The van der Waals surface area contributed by atoms with Gasteiger partial charge < -0.3 is 15.1 Å². The molecular formula is C21H24ClN3O2. The molecular weight excluding hydrogens is 362 g/mol. The van der Waals surface area contributed by atoms with Crippen molar-refractivity contribution >= 4 is 23.3 Å². The summed E-state index contributed by atoms with van der Waals surface area (Å²) < 4.78 is 0. The van der Waals surface area contributed by atoms with E-state index >= 15 is 0 Å². The van der Waals surface area contributed by atoms with Crippen molar-refractivity contribution in [2.75, 3.05) is 6.54 Å². The molecule has 0 bridgehead atoms. The highest BCUT2D eigenvalue weighted by Crippen LogP contribution is 2.20. The van der Waals surface area contributed by atoms with Gasteiger partial charge in [0.2, 0.25) is 0 Å². The number of nitrogens with zero attached hydrogens (tertiary/aromatic N) is 2. The van der Waals surface area contributed by atoms with Crippen LogP contribution in [-0.2, 0) is 11.4 Å². The number of carbonyl (C=O) groups is 1. The molecule has 0 spiro atoms. The summed E-state index contributed by atoms with van der Waals surface area (Å²) in [7, 11) is 0. The largest absolute Gasteiger partial charge is 0.390 e. The first kappa shape index (κ1) is 19.2. The molecule has 3 rings (SSSR count). The fraction of sp³-hybridized carbons (Fsp3) is 0.333.